The SMILES string of the molecule is O=C(c1ccc(-c2ccc(F)c(Cl)c2)c2ccccc12)N1C[C@@H](O)[C@H](F)C1. The molecule has 0 aromatic heterocycles. The van der Waals surface area contributed by atoms with Gasteiger partial charge in [-0.15, -0.1) is 0 Å². The minimum Gasteiger partial charge on any atom is -0.388 e. The van der Waals surface area contributed by atoms with Crippen LogP contribution in [0.5, 0.6) is 0 Å². The molecule has 1 N–H and O–H groups in total. The first-order valence-corrected chi connectivity index (χ1v) is 8.92. The highest BCUT2D eigenvalue weighted by atomic mass is 35.5. The number of hydrogen-bond acceptors (Lipinski definition) is 2. The van der Waals surface area contributed by atoms with Gasteiger partial charge >= 0.3 is 0 Å². The van der Waals surface area contributed by atoms with Gasteiger partial charge in [0, 0.05) is 12.1 Å². The predicted molar refractivity (Wildman–Crippen MR) is 101 cm³/mol. The van der Waals surface area contributed by atoms with Crippen LogP contribution in [0.3, 0.4) is 0 Å². The lowest BCUT2D eigenvalue weighted by Gasteiger charge is -2.18. The Hall–Kier alpha value is -2.50. The van der Waals surface area contributed by atoms with Crippen molar-refractivity contribution in [3.05, 3.63) is 71.0 Å². The molecule has 2 atom stereocenters. The van der Waals surface area contributed by atoms with Gasteiger partial charge in [0.15, 0.2) is 0 Å². The minimum absolute atomic E-state index is 0.0242. The summed E-state index contributed by atoms with van der Waals surface area (Å²) in [5.41, 5.74) is 1.98. The molecule has 1 fully saturated rings. The van der Waals surface area contributed by atoms with E-state index in [1.54, 1.807) is 24.3 Å². The monoisotopic (exact) mass is 387 g/mol. The molecule has 4 rings (SSSR count). The number of rotatable bonds is 2. The summed E-state index contributed by atoms with van der Waals surface area (Å²) >= 11 is 5.92. The molecule has 3 nitrogen and oxygen atoms in total. The van der Waals surface area contributed by atoms with Gasteiger partial charge in [0.2, 0.25) is 0 Å². The second-order valence-corrected chi connectivity index (χ2v) is 7.04. The van der Waals surface area contributed by atoms with Crippen molar-refractivity contribution in [3.63, 3.8) is 0 Å². The van der Waals surface area contributed by atoms with E-state index in [1.165, 1.54) is 11.0 Å². The summed E-state index contributed by atoms with van der Waals surface area (Å²) in [6.45, 7) is -0.146. The number of halogens is 3. The maximum atomic E-state index is 13.6. The van der Waals surface area contributed by atoms with Crippen LogP contribution in [0, 0.1) is 5.82 Å². The second-order valence-electron chi connectivity index (χ2n) is 6.63. The van der Waals surface area contributed by atoms with Crippen molar-refractivity contribution in [2.45, 2.75) is 12.3 Å². The Balaban J connectivity index is 1.81. The number of aliphatic hydroxyl groups excluding tert-OH is 1. The fraction of sp³-hybridized carbons (Fsp3) is 0.190. The van der Waals surface area contributed by atoms with Crippen LogP contribution in [0.1, 0.15) is 10.4 Å². The van der Waals surface area contributed by atoms with Gasteiger partial charge in [0.25, 0.3) is 5.91 Å². The summed E-state index contributed by atoms with van der Waals surface area (Å²) in [6.07, 6.45) is -2.58. The Morgan fingerprint density at radius 3 is 2.48 bits per heavy atom. The summed E-state index contributed by atoms with van der Waals surface area (Å²) in [5.74, 6) is -0.820. The fourth-order valence-electron chi connectivity index (χ4n) is 3.48. The van der Waals surface area contributed by atoms with Crippen LogP contribution >= 0.6 is 11.6 Å². The molecule has 1 aliphatic rings. The Kier molecular flexibility index (Phi) is 4.58. The minimum atomic E-state index is -1.43. The van der Waals surface area contributed by atoms with Crippen molar-refractivity contribution in [1.29, 1.82) is 0 Å². The van der Waals surface area contributed by atoms with Crippen LogP contribution in [0.15, 0.2) is 54.6 Å². The number of carbonyl (C=O) groups excluding carboxylic acids is 1. The number of fused-ring (bicyclic) bond motifs is 1. The van der Waals surface area contributed by atoms with E-state index in [9.17, 15) is 18.7 Å². The largest absolute Gasteiger partial charge is 0.388 e. The summed E-state index contributed by atoms with van der Waals surface area (Å²) in [7, 11) is 0. The summed E-state index contributed by atoms with van der Waals surface area (Å²) in [6, 6.07) is 15.3. The van der Waals surface area contributed by atoms with Gasteiger partial charge in [0.05, 0.1) is 11.6 Å². The van der Waals surface area contributed by atoms with Crippen LogP contribution in [-0.2, 0) is 0 Å². The third-order valence-electron chi connectivity index (χ3n) is 4.89. The molecular weight excluding hydrogens is 372 g/mol. The van der Waals surface area contributed by atoms with Crippen molar-refractivity contribution in [2.24, 2.45) is 0 Å². The normalized spacial score (nSPS) is 19.6. The zero-order chi connectivity index (χ0) is 19.1. The lowest BCUT2D eigenvalue weighted by molar-refractivity contribution is 0.0766. The van der Waals surface area contributed by atoms with Crippen LogP contribution in [-0.4, -0.2) is 41.3 Å². The maximum Gasteiger partial charge on any atom is 0.254 e. The van der Waals surface area contributed by atoms with Gasteiger partial charge in [0.1, 0.15) is 18.1 Å². The van der Waals surface area contributed by atoms with Crippen molar-refractivity contribution < 1.29 is 18.7 Å². The van der Waals surface area contributed by atoms with Crippen molar-refractivity contribution in [2.75, 3.05) is 13.1 Å². The van der Waals surface area contributed by atoms with Gasteiger partial charge in [-0.25, -0.2) is 8.78 Å². The topological polar surface area (TPSA) is 40.5 Å². The summed E-state index contributed by atoms with van der Waals surface area (Å²) in [4.78, 5) is 14.2. The first-order chi connectivity index (χ1) is 13.0. The van der Waals surface area contributed by atoms with Crippen molar-refractivity contribution >= 4 is 28.3 Å². The lowest BCUT2D eigenvalue weighted by atomic mass is 9.94. The van der Waals surface area contributed by atoms with Crippen LogP contribution in [0.4, 0.5) is 8.78 Å². The highest BCUT2D eigenvalue weighted by molar-refractivity contribution is 6.31. The molecule has 1 aliphatic heterocycles. The van der Waals surface area contributed by atoms with E-state index in [1.807, 2.05) is 24.3 Å². The van der Waals surface area contributed by atoms with Gasteiger partial charge in [-0.1, -0.05) is 48.0 Å². The number of β-amino-alcohol motifs (C(OH)–C–C–N with tert-alkyl or cyclic N) is 1. The molecule has 0 bridgehead atoms. The van der Waals surface area contributed by atoms with Crippen LogP contribution in [0.25, 0.3) is 21.9 Å². The number of benzene rings is 3. The summed E-state index contributed by atoms with van der Waals surface area (Å²) in [5, 5.41) is 11.1. The Labute approximate surface area is 159 Å². The molecule has 3 aromatic carbocycles. The third-order valence-corrected chi connectivity index (χ3v) is 5.18. The molecule has 27 heavy (non-hydrogen) atoms. The zero-order valence-electron chi connectivity index (χ0n) is 14.2. The van der Waals surface area contributed by atoms with E-state index in [0.717, 1.165) is 16.5 Å². The van der Waals surface area contributed by atoms with E-state index >= 15 is 0 Å². The summed E-state index contributed by atoms with van der Waals surface area (Å²) < 4.78 is 27.1. The number of carbonyl (C=O) groups is 1. The standard InChI is InChI=1S/C21H16ClF2NO2/c22-17-9-12(5-8-18(17)23)13-6-7-16(15-4-2-1-3-14(13)15)21(27)25-10-19(24)20(26)11-25/h1-9,19-20,26H,10-11H2/t19-,20-/m1/s1. The lowest BCUT2D eigenvalue weighted by Crippen LogP contribution is -2.29. The molecule has 3 aromatic rings. The molecule has 0 saturated carbocycles. The molecule has 1 heterocycles. The van der Waals surface area contributed by atoms with Crippen molar-refractivity contribution in [1.82, 2.24) is 4.90 Å². The Morgan fingerprint density at radius 2 is 1.81 bits per heavy atom. The number of likely N-dealkylation sites (tertiary alicyclic amines) is 1. The molecule has 1 saturated heterocycles. The molecular formula is C21H16ClF2NO2. The number of amides is 1. The van der Waals surface area contributed by atoms with Gasteiger partial charge in [-0.2, -0.15) is 0 Å². The number of aliphatic hydroxyl groups is 1. The van der Waals surface area contributed by atoms with Crippen molar-refractivity contribution in [3.8, 4) is 11.1 Å². The smallest absolute Gasteiger partial charge is 0.254 e. The molecule has 0 aliphatic carbocycles. The second kappa shape index (κ2) is 6.91. The first kappa shape index (κ1) is 17.9. The predicted octanol–water partition coefficient (Wildman–Crippen LogP) is 4.45. The average molecular weight is 388 g/mol. The average Bonchev–Trinajstić information content (AvgIpc) is 3.01. The molecule has 0 radical (unpaired) electrons. The van der Waals surface area contributed by atoms with Gasteiger partial charge in [-0.3, -0.25) is 4.79 Å². The number of alkyl halides is 1. The van der Waals surface area contributed by atoms with E-state index < -0.39 is 18.1 Å². The highest BCUT2D eigenvalue weighted by Crippen LogP contribution is 2.33. The van der Waals surface area contributed by atoms with Crippen LogP contribution in [0.2, 0.25) is 5.02 Å². The van der Waals surface area contributed by atoms with E-state index in [-0.39, 0.29) is 24.0 Å². The molecule has 6 heteroatoms. The maximum absolute atomic E-state index is 13.6. The van der Waals surface area contributed by atoms with Gasteiger partial charge < -0.3 is 10.0 Å². The van der Waals surface area contributed by atoms with E-state index in [0.29, 0.717) is 10.9 Å². The van der Waals surface area contributed by atoms with E-state index in [2.05, 4.69) is 0 Å². The number of hydrogen-bond donors (Lipinski definition) is 1. The Morgan fingerprint density at radius 1 is 1.07 bits per heavy atom. The van der Waals surface area contributed by atoms with Gasteiger partial charge in [-0.05, 0) is 40.1 Å². The Bertz CT molecular complexity index is 1030. The molecule has 0 spiro atoms. The zero-order valence-corrected chi connectivity index (χ0v) is 15.0. The number of nitrogens with zero attached hydrogens (tertiary/aromatic N) is 1. The molecule has 1 amide bonds. The van der Waals surface area contributed by atoms with E-state index in [4.69, 9.17) is 11.6 Å². The highest BCUT2D eigenvalue weighted by Gasteiger charge is 2.34. The quantitative estimate of drug-likeness (QED) is 0.705. The molecule has 0 unspecified atom stereocenters. The fourth-order valence-corrected chi connectivity index (χ4v) is 3.66. The first-order valence-electron chi connectivity index (χ1n) is 8.54. The third kappa shape index (κ3) is 3.17. The molecule has 138 valence electrons. The van der Waals surface area contributed by atoms with Crippen LogP contribution < -0.4 is 0 Å².